The zero-order chi connectivity index (χ0) is 26.1. The largest absolute Gasteiger partial charge is 0.383 e. The Morgan fingerprint density at radius 1 is 1.08 bits per heavy atom. The van der Waals surface area contributed by atoms with Crippen LogP contribution in [0.15, 0.2) is 67.3 Å². The monoisotopic (exact) mass is 513 g/mol. The summed E-state index contributed by atoms with van der Waals surface area (Å²) in [6.45, 7) is 1.34. The summed E-state index contributed by atoms with van der Waals surface area (Å²) in [4.78, 5) is 33.6. The van der Waals surface area contributed by atoms with E-state index in [0.717, 1.165) is 50.0 Å². The molecule has 2 fully saturated rings. The minimum absolute atomic E-state index is 0.0362. The van der Waals surface area contributed by atoms with Gasteiger partial charge in [-0.2, -0.15) is 0 Å². The number of nitrogens with one attached hydrogen (secondary N) is 2. The molecule has 0 bridgehead atoms. The number of likely N-dealkylation sites (tertiary alicyclic amines) is 1. The Bertz CT molecular complexity index is 1280. The van der Waals surface area contributed by atoms with Crippen LogP contribution in [0.3, 0.4) is 0 Å². The summed E-state index contributed by atoms with van der Waals surface area (Å²) < 4.78 is 7.43. The summed E-state index contributed by atoms with van der Waals surface area (Å²) in [6, 6.07) is 15.9. The lowest BCUT2D eigenvalue weighted by Gasteiger charge is -2.41. The van der Waals surface area contributed by atoms with E-state index in [1.54, 1.807) is 19.6 Å². The molecule has 8 heteroatoms. The molecule has 1 saturated heterocycles. The molecule has 2 amide bonds. The highest BCUT2D eigenvalue weighted by Gasteiger charge is 2.48. The second-order valence-corrected chi connectivity index (χ2v) is 10.7. The van der Waals surface area contributed by atoms with Crippen molar-refractivity contribution in [2.75, 3.05) is 25.6 Å². The Morgan fingerprint density at radius 2 is 1.89 bits per heavy atom. The van der Waals surface area contributed by atoms with Gasteiger partial charge in [0, 0.05) is 54.9 Å². The van der Waals surface area contributed by atoms with Crippen molar-refractivity contribution >= 4 is 17.5 Å². The van der Waals surface area contributed by atoms with Crippen molar-refractivity contribution in [1.82, 2.24) is 19.8 Å². The topological polar surface area (TPSA) is 88.5 Å². The molecular weight excluding hydrogens is 478 g/mol. The molecule has 3 heterocycles. The van der Waals surface area contributed by atoms with E-state index >= 15 is 0 Å². The first-order chi connectivity index (χ1) is 18.6. The van der Waals surface area contributed by atoms with E-state index in [0.29, 0.717) is 18.1 Å². The van der Waals surface area contributed by atoms with Gasteiger partial charge in [0.1, 0.15) is 0 Å². The number of hydrogen-bond acceptors (Lipinski definition) is 5. The van der Waals surface area contributed by atoms with Crippen molar-refractivity contribution < 1.29 is 14.3 Å². The lowest BCUT2D eigenvalue weighted by molar-refractivity contribution is -0.139. The maximum atomic E-state index is 14.1. The number of amides is 2. The first kappa shape index (κ1) is 24.7. The van der Waals surface area contributed by atoms with Crippen LogP contribution in [0.5, 0.6) is 0 Å². The van der Waals surface area contributed by atoms with Gasteiger partial charge >= 0.3 is 0 Å². The molecule has 1 aromatic heterocycles. The van der Waals surface area contributed by atoms with Crippen molar-refractivity contribution in [2.45, 2.75) is 50.2 Å². The molecule has 3 aromatic rings. The lowest BCUT2D eigenvalue weighted by Crippen LogP contribution is -2.50. The first-order valence-electron chi connectivity index (χ1n) is 13.7. The number of imidazole rings is 1. The number of carbonyl (C=O) groups is 2. The highest BCUT2D eigenvalue weighted by molar-refractivity contribution is 5.95. The van der Waals surface area contributed by atoms with Gasteiger partial charge in [-0.15, -0.1) is 0 Å². The number of aromatic nitrogens is 2. The van der Waals surface area contributed by atoms with Crippen molar-refractivity contribution in [3.63, 3.8) is 0 Å². The van der Waals surface area contributed by atoms with Crippen molar-refractivity contribution in [1.29, 1.82) is 0 Å². The van der Waals surface area contributed by atoms with E-state index in [1.165, 1.54) is 5.56 Å². The molecule has 38 heavy (non-hydrogen) atoms. The molecule has 2 aromatic carbocycles. The van der Waals surface area contributed by atoms with Crippen LogP contribution >= 0.6 is 0 Å². The summed E-state index contributed by atoms with van der Waals surface area (Å²) in [7, 11) is 1.73. The second-order valence-electron chi connectivity index (χ2n) is 10.7. The summed E-state index contributed by atoms with van der Waals surface area (Å²) in [5.74, 6) is 0.142. The van der Waals surface area contributed by atoms with Crippen LogP contribution in [0, 0.1) is 11.8 Å². The van der Waals surface area contributed by atoms with E-state index in [1.807, 2.05) is 41.1 Å². The second kappa shape index (κ2) is 10.6. The van der Waals surface area contributed by atoms with Crippen molar-refractivity contribution in [3.05, 3.63) is 78.4 Å². The van der Waals surface area contributed by atoms with Crippen molar-refractivity contribution in [3.8, 4) is 5.69 Å². The van der Waals surface area contributed by atoms with Crippen LogP contribution < -0.4 is 10.6 Å². The van der Waals surface area contributed by atoms with Gasteiger partial charge in [0.05, 0.1) is 30.9 Å². The van der Waals surface area contributed by atoms with Gasteiger partial charge < -0.3 is 24.8 Å². The maximum Gasteiger partial charge on any atom is 0.251 e. The van der Waals surface area contributed by atoms with Crippen LogP contribution in [0.4, 0.5) is 5.69 Å². The van der Waals surface area contributed by atoms with Crippen LogP contribution in [0.1, 0.15) is 54.1 Å². The predicted octanol–water partition coefficient (Wildman–Crippen LogP) is 4.19. The van der Waals surface area contributed by atoms with Crippen LogP contribution in [0.2, 0.25) is 0 Å². The van der Waals surface area contributed by atoms with Crippen LogP contribution in [-0.2, 0) is 9.53 Å². The normalized spacial score (nSPS) is 26.2. The zero-order valence-electron chi connectivity index (χ0n) is 21.8. The number of hydrogen-bond donors (Lipinski definition) is 2. The van der Waals surface area contributed by atoms with Gasteiger partial charge in [-0.3, -0.25) is 9.59 Å². The number of ether oxygens (including phenoxy) is 1. The molecule has 0 radical (unpaired) electrons. The highest BCUT2D eigenvalue weighted by Crippen LogP contribution is 2.47. The highest BCUT2D eigenvalue weighted by atomic mass is 16.5. The van der Waals surface area contributed by atoms with E-state index < -0.39 is 0 Å². The fourth-order valence-corrected chi connectivity index (χ4v) is 6.68. The molecule has 8 nitrogen and oxygen atoms in total. The number of rotatable bonds is 6. The minimum atomic E-state index is -0.209. The SMILES string of the molecule is COCC1Nc2ccccc2[C@H]2[C@@H]1CCN2C(=O)[C@H]1CCCC[C@H]1NC(=O)c1ccc(-n2ccnc2)cc1. The van der Waals surface area contributed by atoms with Gasteiger partial charge in [-0.25, -0.2) is 4.98 Å². The average molecular weight is 514 g/mol. The van der Waals surface area contributed by atoms with Gasteiger partial charge in [0.15, 0.2) is 0 Å². The Balaban J connectivity index is 1.20. The number of para-hydroxylation sites is 1. The molecule has 0 spiro atoms. The number of nitrogens with zero attached hydrogens (tertiary/aromatic N) is 3. The number of fused-ring (bicyclic) bond motifs is 3. The van der Waals surface area contributed by atoms with E-state index in [2.05, 4.69) is 38.7 Å². The molecule has 2 aliphatic heterocycles. The Morgan fingerprint density at radius 3 is 2.68 bits per heavy atom. The van der Waals surface area contributed by atoms with Gasteiger partial charge in [0.25, 0.3) is 5.91 Å². The quantitative estimate of drug-likeness (QED) is 0.516. The molecule has 6 rings (SSSR count). The zero-order valence-corrected chi connectivity index (χ0v) is 21.8. The average Bonchev–Trinajstić information content (AvgIpc) is 3.65. The summed E-state index contributed by atoms with van der Waals surface area (Å²) in [5.41, 5.74) is 3.82. The van der Waals surface area contributed by atoms with Crippen LogP contribution in [-0.4, -0.2) is 58.6 Å². The Labute approximate surface area is 223 Å². The standard InChI is InChI=1S/C30H35N5O3/c1-38-18-27-23-14-16-35(28(23)22-6-2-4-8-25(22)32-27)30(37)24-7-3-5-9-26(24)33-29(36)20-10-12-21(13-11-20)34-17-15-31-19-34/h2,4,6,8,10-13,15,17,19,23-24,26-28,32H,3,5,7,9,14,16,18H2,1H3,(H,33,36)/t23-,24+,26-,27?,28+/m1/s1. The minimum Gasteiger partial charge on any atom is -0.383 e. The Hall–Kier alpha value is -3.65. The molecular formula is C30H35N5O3. The molecule has 1 saturated carbocycles. The van der Waals surface area contributed by atoms with Gasteiger partial charge in [0.2, 0.25) is 5.91 Å². The summed E-state index contributed by atoms with van der Waals surface area (Å²) in [6.07, 6.45) is 9.92. The fourth-order valence-electron chi connectivity index (χ4n) is 6.68. The number of carbonyl (C=O) groups excluding carboxylic acids is 2. The third kappa shape index (κ3) is 4.58. The molecule has 1 unspecified atom stereocenters. The molecule has 5 atom stereocenters. The number of benzene rings is 2. The summed E-state index contributed by atoms with van der Waals surface area (Å²) >= 11 is 0. The predicted molar refractivity (Wildman–Crippen MR) is 145 cm³/mol. The number of anilines is 1. The summed E-state index contributed by atoms with van der Waals surface area (Å²) in [5, 5.41) is 6.88. The van der Waals surface area contributed by atoms with Crippen molar-refractivity contribution in [2.24, 2.45) is 11.8 Å². The Kier molecular flexibility index (Phi) is 6.89. The van der Waals surface area contributed by atoms with E-state index in [4.69, 9.17) is 4.74 Å². The molecule has 198 valence electrons. The maximum absolute atomic E-state index is 14.1. The molecule has 3 aliphatic rings. The fraction of sp³-hybridized carbons (Fsp3) is 0.433. The first-order valence-corrected chi connectivity index (χ1v) is 13.7. The molecule has 2 N–H and O–H groups in total. The smallest absolute Gasteiger partial charge is 0.251 e. The third-order valence-corrected chi connectivity index (χ3v) is 8.54. The van der Waals surface area contributed by atoms with E-state index in [-0.39, 0.29) is 35.9 Å². The number of methoxy groups -OCH3 is 1. The lowest BCUT2D eigenvalue weighted by atomic mass is 9.81. The van der Waals surface area contributed by atoms with Gasteiger partial charge in [-0.05, 0) is 55.2 Å². The van der Waals surface area contributed by atoms with Crippen LogP contribution in [0.25, 0.3) is 5.69 Å². The van der Waals surface area contributed by atoms with Gasteiger partial charge in [-0.1, -0.05) is 31.0 Å². The van der Waals surface area contributed by atoms with E-state index in [9.17, 15) is 9.59 Å². The molecule has 1 aliphatic carbocycles. The third-order valence-electron chi connectivity index (χ3n) is 8.54.